The lowest BCUT2D eigenvalue weighted by Gasteiger charge is -2.36. The highest BCUT2D eigenvalue weighted by molar-refractivity contribution is 5.46. The molecule has 3 heteroatoms. The van der Waals surface area contributed by atoms with Crippen LogP contribution in [0.5, 0.6) is 0 Å². The normalized spacial score (nSPS) is 21.4. The Morgan fingerprint density at radius 3 is 2.83 bits per heavy atom. The van der Waals surface area contributed by atoms with Crippen molar-refractivity contribution >= 4 is 5.69 Å². The number of hydrogen-bond acceptors (Lipinski definition) is 3. The van der Waals surface area contributed by atoms with Gasteiger partial charge in [-0.3, -0.25) is 0 Å². The predicted molar refractivity (Wildman–Crippen MR) is 77.7 cm³/mol. The highest BCUT2D eigenvalue weighted by atomic mass is 15.2. The van der Waals surface area contributed by atoms with E-state index in [1.165, 1.54) is 31.5 Å². The molecule has 0 saturated carbocycles. The first kappa shape index (κ1) is 13.4. The molecule has 1 atom stereocenters. The van der Waals surface area contributed by atoms with Crippen molar-refractivity contribution in [2.75, 3.05) is 39.5 Å². The zero-order chi connectivity index (χ0) is 13.0. The van der Waals surface area contributed by atoms with Crippen molar-refractivity contribution in [3.8, 4) is 0 Å². The lowest BCUT2D eigenvalue weighted by atomic mass is 10.0. The zero-order valence-corrected chi connectivity index (χ0v) is 11.6. The summed E-state index contributed by atoms with van der Waals surface area (Å²) in [5, 5.41) is 0. The van der Waals surface area contributed by atoms with E-state index < -0.39 is 0 Å². The Morgan fingerprint density at radius 1 is 1.33 bits per heavy atom. The third kappa shape index (κ3) is 3.47. The van der Waals surface area contributed by atoms with Crippen LogP contribution in [0.25, 0.3) is 0 Å². The third-order valence-electron chi connectivity index (χ3n) is 3.96. The summed E-state index contributed by atoms with van der Waals surface area (Å²) < 4.78 is 0. The molecule has 0 aromatic heterocycles. The smallest absolute Gasteiger partial charge is 0.0347 e. The van der Waals surface area contributed by atoms with Gasteiger partial charge in [0.2, 0.25) is 0 Å². The molecule has 1 aromatic carbocycles. The Hall–Kier alpha value is -1.06. The molecular weight excluding hydrogens is 222 g/mol. The summed E-state index contributed by atoms with van der Waals surface area (Å²) in [5.41, 5.74) is 8.20. The molecule has 1 aliphatic rings. The molecule has 1 saturated heterocycles. The number of anilines is 1. The molecule has 1 aliphatic heterocycles. The van der Waals surface area contributed by atoms with Gasteiger partial charge in [-0.2, -0.15) is 0 Å². The number of nitrogen functional groups attached to an aromatic ring is 1. The third-order valence-corrected chi connectivity index (χ3v) is 3.96. The van der Waals surface area contributed by atoms with Gasteiger partial charge < -0.3 is 15.5 Å². The van der Waals surface area contributed by atoms with E-state index in [4.69, 9.17) is 5.73 Å². The number of nitrogens with zero attached hydrogens (tertiary/aromatic N) is 2. The number of para-hydroxylation sites is 1. The van der Waals surface area contributed by atoms with Crippen molar-refractivity contribution in [3.05, 3.63) is 29.8 Å². The van der Waals surface area contributed by atoms with Gasteiger partial charge >= 0.3 is 0 Å². The number of likely N-dealkylation sites (N-methyl/N-ethyl adjacent to an activating group) is 1. The van der Waals surface area contributed by atoms with Crippen molar-refractivity contribution < 1.29 is 0 Å². The summed E-state index contributed by atoms with van der Waals surface area (Å²) in [6.07, 6.45) is 3.71. The van der Waals surface area contributed by atoms with Gasteiger partial charge in [-0.05, 0) is 51.5 Å². The molecule has 0 amide bonds. The van der Waals surface area contributed by atoms with E-state index in [2.05, 4.69) is 36.0 Å². The average Bonchev–Trinajstić information content (AvgIpc) is 2.38. The molecule has 1 heterocycles. The second-order valence-corrected chi connectivity index (χ2v) is 5.51. The molecule has 2 rings (SSSR count). The number of hydrogen-bond donors (Lipinski definition) is 1. The predicted octanol–water partition coefficient (Wildman–Crippen LogP) is 1.84. The Labute approximate surface area is 111 Å². The summed E-state index contributed by atoms with van der Waals surface area (Å²) in [6.45, 7) is 3.55. The van der Waals surface area contributed by atoms with Crippen LogP contribution in [0.2, 0.25) is 0 Å². The van der Waals surface area contributed by atoms with E-state index in [9.17, 15) is 0 Å². The lowest BCUT2D eigenvalue weighted by molar-refractivity contribution is 0.134. The van der Waals surface area contributed by atoms with Gasteiger partial charge in [0.05, 0.1) is 0 Å². The molecule has 0 spiro atoms. The molecule has 18 heavy (non-hydrogen) atoms. The molecule has 2 N–H and O–H groups in total. The first-order valence-electron chi connectivity index (χ1n) is 6.89. The van der Waals surface area contributed by atoms with Crippen LogP contribution in [0, 0.1) is 0 Å². The van der Waals surface area contributed by atoms with Crippen LogP contribution >= 0.6 is 0 Å². The second-order valence-electron chi connectivity index (χ2n) is 5.51. The molecule has 0 bridgehead atoms. The number of likely N-dealkylation sites (tertiary alicyclic amines) is 1. The van der Waals surface area contributed by atoms with Crippen LogP contribution in [0.4, 0.5) is 5.69 Å². The largest absolute Gasteiger partial charge is 0.399 e. The minimum Gasteiger partial charge on any atom is -0.399 e. The molecule has 0 aliphatic carbocycles. The quantitative estimate of drug-likeness (QED) is 0.824. The molecule has 1 aromatic rings. The van der Waals surface area contributed by atoms with Crippen molar-refractivity contribution in [1.82, 2.24) is 9.80 Å². The second kappa shape index (κ2) is 6.21. The number of benzene rings is 1. The fourth-order valence-corrected chi connectivity index (χ4v) is 2.70. The Bertz CT molecular complexity index is 376. The maximum Gasteiger partial charge on any atom is 0.0347 e. The Balaban J connectivity index is 1.85. The average molecular weight is 247 g/mol. The van der Waals surface area contributed by atoms with Crippen molar-refractivity contribution in [2.45, 2.75) is 25.3 Å². The van der Waals surface area contributed by atoms with Crippen LogP contribution in [-0.2, 0) is 6.42 Å². The standard InChI is InChI=1S/C15H25N3/c1-17(2)14-7-5-10-18(12-14)11-9-13-6-3-4-8-15(13)16/h3-4,6,8,14H,5,7,9-12,16H2,1-2H3. The van der Waals surface area contributed by atoms with E-state index in [1.54, 1.807) is 0 Å². The van der Waals surface area contributed by atoms with E-state index in [1.807, 2.05) is 12.1 Å². The van der Waals surface area contributed by atoms with E-state index in [-0.39, 0.29) is 0 Å². The van der Waals surface area contributed by atoms with E-state index in [0.29, 0.717) is 6.04 Å². The first-order chi connectivity index (χ1) is 8.66. The number of nitrogens with two attached hydrogens (primary N) is 1. The molecule has 3 nitrogen and oxygen atoms in total. The highest BCUT2D eigenvalue weighted by Crippen LogP contribution is 2.16. The molecular formula is C15H25N3. The molecule has 0 radical (unpaired) electrons. The van der Waals surface area contributed by atoms with Gasteiger partial charge in [-0.15, -0.1) is 0 Å². The summed E-state index contributed by atoms with van der Waals surface area (Å²) >= 11 is 0. The summed E-state index contributed by atoms with van der Waals surface area (Å²) in [7, 11) is 4.37. The van der Waals surface area contributed by atoms with Gasteiger partial charge in [0, 0.05) is 24.8 Å². The van der Waals surface area contributed by atoms with Crippen LogP contribution in [0.1, 0.15) is 18.4 Å². The van der Waals surface area contributed by atoms with Gasteiger partial charge in [0.15, 0.2) is 0 Å². The number of rotatable bonds is 4. The Kier molecular flexibility index (Phi) is 4.61. The van der Waals surface area contributed by atoms with Crippen LogP contribution in [0.15, 0.2) is 24.3 Å². The van der Waals surface area contributed by atoms with Gasteiger partial charge in [-0.1, -0.05) is 18.2 Å². The van der Waals surface area contributed by atoms with Crippen molar-refractivity contribution in [3.63, 3.8) is 0 Å². The van der Waals surface area contributed by atoms with Gasteiger partial charge in [0.25, 0.3) is 0 Å². The van der Waals surface area contributed by atoms with E-state index in [0.717, 1.165) is 18.7 Å². The summed E-state index contributed by atoms with van der Waals surface area (Å²) in [5.74, 6) is 0. The topological polar surface area (TPSA) is 32.5 Å². The van der Waals surface area contributed by atoms with Crippen LogP contribution < -0.4 is 5.73 Å². The highest BCUT2D eigenvalue weighted by Gasteiger charge is 2.20. The minimum atomic E-state index is 0.715. The lowest BCUT2D eigenvalue weighted by Crippen LogP contribution is -2.45. The van der Waals surface area contributed by atoms with Crippen LogP contribution in [0.3, 0.4) is 0 Å². The first-order valence-corrected chi connectivity index (χ1v) is 6.89. The molecule has 100 valence electrons. The summed E-state index contributed by atoms with van der Waals surface area (Å²) in [4.78, 5) is 4.92. The van der Waals surface area contributed by atoms with Crippen LogP contribution in [-0.4, -0.2) is 49.6 Å². The zero-order valence-electron chi connectivity index (χ0n) is 11.6. The van der Waals surface area contributed by atoms with E-state index >= 15 is 0 Å². The molecule has 1 fully saturated rings. The fraction of sp³-hybridized carbons (Fsp3) is 0.600. The van der Waals surface area contributed by atoms with Gasteiger partial charge in [-0.25, -0.2) is 0 Å². The number of piperidine rings is 1. The maximum absolute atomic E-state index is 5.98. The Morgan fingerprint density at radius 2 is 2.11 bits per heavy atom. The fourth-order valence-electron chi connectivity index (χ4n) is 2.70. The minimum absolute atomic E-state index is 0.715. The van der Waals surface area contributed by atoms with Crippen molar-refractivity contribution in [1.29, 1.82) is 0 Å². The summed E-state index contributed by atoms with van der Waals surface area (Å²) in [6, 6.07) is 8.93. The molecule has 1 unspecified atom stereocenters. The van der Waals surface area contributed by atoms with Gasteiger partial charge in [0.1, 0.15) is 0 Å². The maximum atomic E-state index is 5.98. The monoisotopic (exact) mass is 247 g/mol. The SMILES string of the molecule is CN(C)C1CCCN(CCc2ccccc2N)C1. The van der Waals surface area contributed by atoms with Crippen molar-refractivity contribution in [2.24, 2.45) is 0 Å².